The third-order valence-corrected chi connectivity index (χ3v) is 4.44. The van der Waals surface area contributed by atoms with E-state index in [1.165, 1.54) is 6.07 Å². The Labute approximate surface area is 158 Å². The molecule has 2 unspecified atom stereocenters. The van der Waals surface area contributed by atoms with Gasteiger partial charge in [0.2, 0.25) is 5.91 Å². The minimum absolute atomic E-state index is 0. The number of benzene rings is 1. The van der Waals surface area contributed by atoms with Crippen molar-refractivity contribution in [2.24, 2.45) is 5.73 Å². The molecule has 0 saturated carbocycles. The molecule has 0 spiro atoms. The molecule has 5 nitrogen and oxygen atoms in total. The molecule has 1 aromatic rings. The number of halogens is 3. The molecule has 0 radical (unpaired) electrons. The smallest absolute Gasteiger partial charge is 0.256 e. The molecular weight excluding hydrogens is 373 g/mol. The minimum Gasteiger partial charge on any atom is -0.354 e. The van der Waals surface area contributed by atoms with Crippen molar-refractivity contribution in [1.82, 2.24) is 10.2 Å². The van der Waals surface area contributed by atoms with Crippen molar-refractivity contribution in [1.29, 1.82) is 0 Å². The van der Waals surface area contributed by atoms with Crippen LogP contribution in [0.2, 0.25) is 10.0 Å². The fraction of sp³-hybridized carbons (Fsp3) is 0.500. The first-order chi connectivity index (χ1) is 10.9. The van der Waals surface area contributed by atoms with Crippen LogP contribution < -0.4 is 11.1 Å². The standard InChI is InChI=1S/C16H21Cl2N3O2.ClH/c1-10(19)6-7-20-15(22)14-3-2-8-21(14)16(23)12-9-11(17)4-5-13(12)18;/h4-5,9-10,14H,2-3,6-8,19H2,1H3,(H,20,22);1H. The van der Waals surface area contributed by atoms with Gasteiger partial charge in [-0.3, -0.25) is 9.59 Å². The van der Waals surface area contributed by atoms with Crippen molar-refractivity contribution in [3.8, 4) is 0 Å². The van der Waals surface area contributed by atoms with E-state index >= 15 is 0 Å². The Hall–Kier alpha value is -1.01. The molecular formula is C16H22Cl3N3O2. The first-order valence-corrected chi connectivity index (χ1v) is 8.45. The van der Waals surface area contributed by atoms with Crippen molar-refractivity contribution >= 4 is 47.4 Å². The maximum Gasteiger partial charge on any atom is 0.256 e. The lowest BCUT2D eigenvalue weighted by Crippen LogP contribution is -2.46. The summed E-state index contributed by atoms with van der Waals surface area (Å²) in [6.07, 6.45) is 2.13. The highest BCUT2D eigenvalue weighted by Crippen LogP contribution is 2.26. The largest absolute Gasteiger partial charge is 0.354 e. The first kappa shape index (κ1) is 21.0. The van der Waals surface area contributed by atoms with Crippen molar-refractivity contribution < 1.29 is 9.59 Å². The van der Waals surface area contributed by atoms with Gasteiger partial charge in [0.15, 0.2) is 0 Å². The van der Waals surface area contributed by atoms with Crippen molar-refractivity contribution in [2.45, 2.75) is 38.3 Å². The van der Waals surface area contributed by atoms with Crippen LogP contribution in [0, 0.1) is 0 Å². The Bertz CT molecular complexity index is 596. The quantitative estimate of drug-likeness (QED) is 0.806. The second-order valence-corrected chi connectivity index (χ2v) is 6.68. The van der Waals surface area contributed by atoms with E-state index in [1.807, 2.05) is 6.92 Å². The maximum absolute atomic E-state index is 12.7. The van der Waals surface area contributed by atoms with Crippen LogP contribution >= 0.6 is 35.6 Å². The van der Waals surface area contributed by atoms with Gasteiger partial charge in [0.25, 0.3) is 5.91 Å². The van der Waals surface area contributed by atoms with Crippen LogP contribution in [-0.2, 0) is 4.79 Å². The van der Waals surface area contributed by atoms with Crippen LogP contribution in [0.5, 0.6) is 0 Å². The summed E-state index contributed by atoms with van der Waals surface area (Å²) in [4.78, 5) is 26.6. The highest BCUT2D eigenvalue weighted by molar-refractivity contribution is 6.35. The molecule has 1 aliphatic rings. The second-order valence-electron chi connectivity index (χ2n) is 5.84. The van der Waals surface area contributed by atoms with Gasteiger partial charge in [-0.25, -0.2) is 0 Å². The number of nitrogens with one attached hydrogen (secondary N) is 1. The summed E-state index contributed by atoms with van der Waals surface area (Å²) >= 11 is 12.0. The molecule has 1 aliphatic heterocycles. The molecule has 3 N–H and O–H groups in total. The van der Waals surface area contributed by atoms with Crippen LogP contribution in [-0.4, -0.2) is 41.9 Å². The normalized spacial score (nSPS) is 18.0. The Morgan fingerprint density at radius 1 is 1.42 bits per heavy atom. The third kappa shape index (κ3) is 5.24. The number of amides is 2. The molecule has 0 aromatic heterocycles. The van der Waals surface area contributed by atoms with Crippen molar-refractivity contribution in [2.75, 3.05) is 13.1 Å². The summed E-state index contributed by atoms with van der Waals surface area (Å²) in [5.74, 6) is -0.406. The van der Waals surface area contributed by atoms with Crippen LogP contribution in [0.1, 0.15) is 36.5 Å². The topological polar surface area (TPSA) is 75.4 Å². The van der Waals surface area contributed by atoms with E-state index in [0.717, 1.165) is 6.42 Å². The number of hydrogen-bond donors (Lipinski definition) is 2. The second kappa shape index (κ2) is 9.47. The summed E-state index contributed by atoms with van der Waals surface area (Å²) in [7, 11) is 0. The summed E-state index contributed by atoms with van der Waals surface area (Å²) in [6, 6.07) is 4.32. The van der Waals surface area contributed by atoms with E-state index in [2.05, 4.69) is 5.32 Å². The number of hydrogen-bond acceptors (Lipinski definition) is 3. The number of rotatable bonds is 5. The van der Waals surface area contributed by atoms with E-state index in [0.29, 0.717) is 41.5 Å². The summed E-state index contributed by atoms with van der Waals surface area (Å²) in [6.45, 7) is 2.93. The predicted molar refractivity (Wildman–Crippen MR) is 99.0 cm³/mol. The van der Waals surface area contributed by atoms with Gasteiger partial charge in [-0.1, -0.05) is 23.2 Å². The first-order valence-electron chi connectivity index (χ1n) is 7.69. The maximum atomic E-state index is 12.7. The van der Waals surface area contributed by atoms with Crippen LogP contribution in [0.4, 0.5) is 0 Å². The average Bonchev–Trinajstić information content (AvgIpc) is 2.98. The third-order valence-electron chi connectivity index (χ3n) is 3.87. The molecule has 1 aromatic carbocycles. The van der Waals surface area contributed by atoms with Gasteiger partial charge in [-0.15, -0.1) is 12.4 Å². The lowest BCUT2D eigenvalue weighted by atomic mass is 10.1. The Morgan fingerprint density at radius 3 is 2.79 bits per heavy atom. The van der Waals surface area contributed by atoms with Crippen LogP contribution in [0.15, 0.2) is 18.2 Å². The van der Waals surface area contributed by atoms with Crippen molar-refractivity contribution in [3.63, 3.8) is 0 Å². The van der Waals surface area contributed by atoms with Gasteiger partial charge < -0.3 is 16.0 Å². The van der Waals surface area contributed by atoms with Gasteiger partial charge in [-0.2, -0.15) is 0 Å². The molecule has 0 aliphatic carbocycles. The number of nitrogens with zero attached hydrogens (tertiary/aromatic N) is 1. The molecule has 1 heterocycles. The van der Waals surface area contributed by atoms with Gasteiger partial charge in [0, 0.05) is 24.2 Å². The predicted octanol–water partition coefficient (Wildman–Crippen LogP) is 2.87. The number of carbonyl (C=O) groups is 2. The van der Waals surface area contributed by atoms with E-state index in [-0.39, 0.29) is 30.3 Å². The summed E-state index contributed by atoms with van der Waals surface area (Å²) < 4.78 is 0. The Kier molecular flexibility index (Phi) is 8.30. The molecule has 1 saturated heterocycles. The molecule has 0 bridgehead atoms. The SMILES string of the molecule is CC(N)CCNC(=O)C1CCCN1C(=O)c1cc(Cl)ccc1Cl.Cl. The molecule has 1 fully saturated rings. The Balaban J connectivity index is 0.00000288. The monoisotopic (exact) mass is 393 g/mol. The lowest BCUT2D eigenvalue weighted by molar-refractivity contribution is -0.124. The zero-order valence-electron chi connectivity index (χ0n) is 13.4. The number of likely N-dealkylation sites (tertiary alicyclic amines) is 1. The highest BCUT2D eigenvalue weighted by atomic mass is 35.5. The van der Waals surface area contributed by atoms with Gasteiger partial charge in [-0.05, 0) is 44.4 Å². The van der Waals surface area contributed by atoms with Crippen molar-refractivity contribution in [3.05, 3.63) is 33.8 Å². The van der Waals surface area contributed by atoms with Crippen LogP contribution in [0.3, 0.4) is 0 Å². The van der Waals surface area contributed by atoms with E-state index in [9.17, 15) is 9.59 Å². The molecule has 2 amide bonds. The molecule has 8 heteroatoms. The Morgan fingerprint density at radius 2 is 2.12 bits per heavy atom. The van der Waals surface area contributed by atoms with E-state index in [4.69, 9.17) is 28.9 Å². The average molecular weight is 395 g/mol. The fourth-order valence-electron chi connectivity index (χ4n) is 2.64. The molecule has 24 heavy (non-hydrogen) atoms. The molecule has 134 valence electrons. The minimum atomic E-state index is -0.467. The zero-order valence-corrected chi connectivity index (χ0v) is 15.8. The number of nitrogens with two attached hydrogens (primary N) is 1. The molecule has 2 rings (SSSR count). The number of carbonyl (C=O) groups excluding carboxylic acids is 2. The van der Waals surface area contributed by atoms with Gasteiger partial charge in [0.05, 0.1) is 10.6 Å². The highest BCUT2D eigenvalue weighted by Gasteiger charge is 2.35. The van der Waals surface area contributed by atoms with Crippen LogP contribution in [0.25, 0.3) is 0 Å². The fourth-order valence-corrected chi connectivity index (χ4v) is 3.01. The lowest BCUT2D eigenvalue weighted by Gasteiger charge is -2.24. The molecule has 2 atom stereocenters. The van der Waals surface area contributed by atoms with E-state index in [1.54, 1.807) is 17.0 Å². The zero-order chi connectivity index (χ0) is 17.0. The van der Waals surface area contributed by atoms with Gasteiger partial charge >= 0.3 is 0 Å². The summed E-state index contributed by atoms with van der Waals surface area (Å²) in [5, 5.41) is 3.62. The van der Waals surface area contributed by atoms with Gasteiger partial charge in [0.1, 0.15) is 6.04 Å². The summed E-state index contributed by atoms with van der Waals surface area (Å²) in [5.41, 5.74) is 6.00. The van der Waals surface area contributed by atoms with E-state index < -0.39 is 6.04 Å².